The highest BCUT2D eigenvalue weighted by Crippen LogP contribution is 2.28. The normalized spacial score (nSPS) is 10.9. The van der Waals surface area contributed by atoms with Crippen molar-refractivity contribution in [2.45, 2.75) is 26.6 Å². The van der Waals surface area contributed by atoms with Crippen molar-refractivity contribution in [3.05, 3.63) is 27.1 Å². The van der Waals surface area contributed by atoms with Gasteiger partial charge < -0.3 is 14.2 Å². The van der Waals surface area contributed by atoms with Gasteiger partial charge in [0, 0.05) is 24.1 Å². The van der Waals surface area contributed by atoms with Crippen LogP contribution in [-0.4, -0.2) is 26.1 Å². The first-order chi connectivity index (χ1) is 8.67. The molecule has 0 spiro atoms. The molecule has 5 heteroatoms. The Balaban J connectivity index is 2.39. The zero-order chi connectivity index (χ0) is 13.4. The fourth-order valence-electron chi connectivity index (χ4n) is 1.44. The average molecular weight is 382 g/mol. The number of hydrogen-bond acceptors (Lipinski definition) is 3. The summed E-state index contributed by atoms with van der Waals surface area (Å²) in [6.07, 6.45) is 0.527. The number of hydrogen-bond donors (Lipinski definition) is 0. The first kappa shape index (κ1) is 16.0. The molecule has 1 aromatic rings. The first-order valence-electron chi connectivity index (χ1n) is 5.98. The highest BCUT2D eigenvalue weighted by Gasteiger charge is 2.09. The van der Waals surface area contributed by atoms with E-state index in [1.165, 1.54) is 0 Å². The second-order valence-corrected chi connectivity index (χ2v) is 5.32. The van der Waals surface area contributed by atoms with Gasteiger partial charge >= 0.3 is 0 Å². The molecule has 3 nitrogen and oxygen atoms in total. The van der Waals surface area contributed by atoms with E-state index in [-0.39, 0.29) is 6.29 Å². The van der Waals surface area contributed by atoms with Crippen molar-refractivity contribution in [2.24, 2.45) is 0 Å². The summed E-state index contributed by atoms with van der Waals surface area (Å²) >= 11 is 6.86. The maximum atomic E-state index is 5.69. The summed E-state index contributed by atoms with van der Waals surface area (Å²) in [7, 11) is 0. The molecule has 0 aromatic heterocycles. The van der Waals surface area contributed by atoms with Gasteiger partial charge in [0.15, 0.2) is 6.29 Å². The minimum atomic E-state index is -0.186. The van der Waals surface area contributed by atoms with Gasteiger partial charge in [0.25, 0.3) is 0 Å². The van der Waals surface area contributed by atoms with Crippen molar-refractivity contribution in [3.8, 4) is 5.75 Å². The lowest BCUT2D eigenvalue weighted by Gasteiger charge is -2.17. The Hall–Kier alpha value is -0.100. The standard InChI is InChI=1S/C13H18Br2O3/c1-3-16-13(17-4-2)7-8-18-12-6-5-10(14)9-11(12)15/h5-6,9,13H,3-4,7-8H2,1-2H3. The van der Waals surface area contributed by atoms with Gasteiger partial charge in [-0.05, 0) is 48.0 Å². The molecule has 102 valence electrons. The smallest absolute Gasteiger partial charge is 0.160 e. The van der Waals surface area contributed by atoms with Crippen LogP contribution in [0.2, 0.25) is 0 Å². The van der Waals surface area contributed by atoms with Crippen molar-refractivity contribution >= 4 is 31.9 Å². The van der Waals surface area contributed by atoms with E-state index in [0.717, 1.165) is 14.7 Å². The Kier molecular flexibility index (Phi) is 7.90. The van der Waals surface area contributed by atoms with Crippen LogP contribution in [-0.2, 0) is 9.47 Å². The lowest BCUT2D eigenvalue weighted by molar-refractivity contribution is -0.142. The number of ether oxygens (including phenoxy) is 3. The molecule has 0 N–H and O–H groups in total. The minimum absolute atomic E-state index is 0.186. The van der Waals surface area contributed by atoms with E-state index in [1.54, 1.807) is 0 Å². The monoisotopic (exact) mass is 380 g/mol. The SMILES string of the molecule is CCOC(CCOc1ccc(Br)cc1Br)OCC. The van der Waals surface area contributed by atoms with Gasteiger partial charge in [-0.1, -0.05) is 15.9 Å². The van der Waals surface area contributed by atoms with E-state index in [0.29, 0.717) is 26.2 Å². The van der Waals surface area contributed by atoms with Gasteiger partial charge in [-0.25, -0.2) is 0 Å². The molecule has 0 heterocycles. The van der Waals surface area contributed by atoms with Crippen LogP contribution in [0.5, 0.6) is 5.75 Å². The molecule has 0 amide bonds. The van der Waals surface area contributed by atoms with Gasteiger partial charge in [0.05, 0.1) is 11.1 Å². The fraction of sp³-hybridized carbons (Fsp3) is 0.538. The van der Waals surface area contributed by atoms with Crippen LogP contribution in [0.3, 0.4) is 0 Å². The summed E-state index contributed by atoms with van der Waals surface area (Å²) in [6.45, 7) is 5.76. The van der Waals surface area contributed by atoms with Crippen LogP contribution in [0.1, 0.15) is 20.3 Å². The summed E-state index contributed by atoms with van der Waals surface area (Å²) in [4.78, 5) is 0. The molecule has 0 saturated heterocycles. The van der Waals surface area contributed by atoms with Crippen molar-refractivity contribution in [1.29, 1.82) is 0 Å². The van der Waals surface area contributed by atoms with Gasteiger partial charge in [0.1, 0.15) is 5.75 Å². The van der Waals surface area contributed by atoms with Crippen molar-refractivity contribution in [1.82, 2.24) is 0 Å². The summed E-state index contributed by atoms with van der Waals surface area (Å²) in [5, 5.41) is 0. The maximum absolute atomic E-state index is 5.69. The fourth-order valence-corrected chi connectivity index (χ4v) is 2.61. The van der Waals surface area contributed by atoms with E-state index in [1.807, 2.05) is 32.0 Å². The highest BCUT2D eigenvalue weighted by molar-refractivity contribution is 9.11. The summed E-state index contributed by atoms with van der Waals surface area (Å²) < 4.78 is 18.5. The molecular weight excluding hydrogens is 364 g/mol. The van der Waals surface area contributed by atoms with Gasteiger partial charge in [-0.15, -0.1) is 0 Å². The zero-order valence-corrected chi connectivity index (χ0v) is 13.8. The van der Waals surface area contributed by atoms with Crippen molar-refractivity contribution in [2.75, 3.05) is 19.8 Å². The Bertz CT molecular complexity index is 352. The molecule has 1 rings (SSSR count). The Morgan fingerprint density at radius 2 is 1.78 bits per heavy atom. The Morgan fingerprint density at radius 3 is 2.33 bits per heavy atom. The minimum Gasteiger partial charge on any atom is -0.492 e. The molecule has 0 aliphatic carbocycles. The van der Waals surface area contributed by atoms with Crippen LogP contribution < -0.4 is 4.74 Å². The second kappa shape index (κ2) is 8.91. The highest BCUT2D eigenvalue weighted by atomic mass is 79.9. The lowest BCUT2D eigenvalue weighted by Crippen LogP contribution is -2.20. The molecule has 0 bridgehead atoms. The van der Waals surface area contributed by atoms with Crippen LogP contribution >= 0.6 is 31.9 Å². The van der Waals surface area contributed by atoms with Crippen molar-refractivity contribution in [3.63, 3.8) is 0 Å². The molecule has 0 aliphatic heterocycles. The average Bonchev–Trinajstić information content (AvgIpc) is 2.32. The first-order valence-corrected chi connectivity index (χ1v) is 7.57. The van der Waals surface area contributed by atoms with E-state index in [4.69, 9.17) is 14.2 Å². The zero-order valence-electron chi connectivity index (χ0n) is 10.6. The van der Waals surface area contributed by atoms with E-state index in [2.05, 4.69) is 31.9 Å². The Labute approximate surface area is 125 Å². The molecule has 1 aromatic carbocycles. The molecular formula is C13H18Br2O3. The molecule has 0 radical (unpaired) electrons. The molecule has 18 heavy (non-hydrogen) atoms. The number of rotatable bonds is 8. The molecule has 0 fully saturated rings. The molecule has 0 unspecified atom stereocenters. The summed E-state index contributed by atoms with van der Waals surface area (Å²) in [6, 6.07) is 5.82. The van der Waals surface area contributed by atoms with Gasteiger partial charge in [-0.3, -0.25) is 0 Å². The number of halogens is 2. The van der Waals surface area contributed by atoms with Crippen LogP contribution in [0, 0.1) is 0 Å². The quantitative estimate of drug-likeness (QED) is 0.625. The van der Waals surface area contributed by atoms with Crippen LogP contribution in [0.25, 0.3) is 0 Å². The van der Waals surface area contributed by atoms with Gasteiger partial charge in [0.2, 0.25) is 0 Å². The van der Waals surface area contributed by atoms with Crippen LogP contribution in [0.15, 0.2) is 27.1 Å². The topological polar surface area (TPSA) is 27.7 Å². The second-order valence-electron chi connectivity index (χ2n) is 3.55. The van der Waals surface area contributed by atoms with E-state index in [9.17, 15) is 0 Å². The van der Waals surface area contributed by atoms with Crippen LogP contribution in [0.4, 0.5) is 0 Å². The Morgan fingerprint density at radius 1 is 1.11 bits per heavy atom. The maximum Gasteiger partial charge on any atom is 0.160 e. The molecule has 0 aliphatic rings. The lowest BCUT2D eigenvalue weighted by atomic mass is 10.3. The number of benzene rings is 1. The van der Waals surface area contributed by atoms with E-state index >= 15 is 0 Å². The third-order valence-corrected chi connectivity index (χ3v) is 3.32. The van der Waals surface area contributed by atoms with E-state index < -0.39 is 0 Å². The molecule has 0 saturated carbocycles. The third-order valence-electron chi connectivity index (χ3n) is 2.21. The summed E-state index contributed by atoms with van der Waals surface area (Å²) in [5.74, 6) is 0.824. The summed E-state index contributed by atoms with van der Waals surface area (Å²) in [5.41, 5.74) is 0. The predicted octanol–water partition coefficient (Wildman–Crippen LogP) is 4.38. The van der Waals surface area contributed by atoms with Crippen molar-refractivity contribution < 1.29 is 14.2 Å². The predicted molar refractivity (Wildman–Crippen MR) is 79.0 cm³/mol. The molecule has 0 atom stereocenters. The van der Waals surface area contributed by atoms with Gasteiger partial charge in [-0.2, -0.15) is 0 Å². The largest absolute Gasteiger partial charge is 0.492 e. The third kappa shape index (κ3) is 5.69.